The minimum atomic E-state index is -4.96. The number of carbonyl (C=O) groups is 4. The van der Waals surface area contributed by atoms with E-state index in [-0.39, 0.29) is 25.7 Å². The van der Waals surface area contributed by atoms with Crippen LogP contribution < -0.4 is 0 Å². The molecule has 97 heavy (non-hydrogen) atoms. The lowest BCUT2D eigenvalue weighted by Gasteiger charge is -2.21. The number of ether oxygens (including phenoxy) is 4. The van der Waals surface area contributed by atoms with E-state index >= 15 is 0 Å². The molecule has 2 unspecified atom stereocenters. The SMILES string of the molecule is CC(C)CCCCCCCCCCCCCCCCC(=O)O[C@H](COC(=O)CCCCCCCCCCCCCCCC(C)C)COP(=O)(O)OC[C@@H](O)COP(=O)(O)OC[C@@H](COC(=O)CCCCCCCCC(C)C)OC(=O)CCCCCCCCCCCCCCC(C)C. The molecule has 0 aliphatic heterocycles. The van der Waals surface area contributed by atoms with Crippen molar-refractivity contribution < 1.29 is 80.2 Å². The molecule has 0 aromatic rings. The number of hydrogen-bond donors (Lipinski definition) is 3. The van der Waals surface area contributed by atoms with Crippen molar-refractivity contribution in [2.24, 2.45) is 23.7 Å². The molecule has 19 heteroatoms. The van der Waals surface area contributed by atoms with Crippen LogP contribution in [0.4, 0.5) is 0 Å². The third-order valence-corrected chi connectivity index (χ3v) is 20.0. The van der Waals surface area contributed by atoms with Crippen molar-refractivity contribution in [3.05, 3.63) is 0 Å². The summed E-state index contributed by atoms with van der Waals surface area (Å²) < 4.78 is 68.6. The quantitative estimate of drug-likeness (QED) is 0.0222. The molecule has 3 N–H and O–H groups in total. The molecule has 17 nitrogen and oxygen atoms in total. The van der Waals surface area contributed by atoms with Gasteiger partial charge in [-0.05, 0) is 49.4 Å². The van der Waals surface area contributed by atoms with Crippen LogP contribution in [0.5, 0.6) is 0 Å². The zero-order valence-corrected chi connectivity index (χ0v) is 65.5. The maximum absolute atomic E-state index is 13.1. The largest absolute Gasteiger partial charge is 0.472 e. The van der Waals surface area contributed by atoms with Gasteiger partial charge in [0.1, 0.15) is 19.3 Å². The van der Waals surface area contributed by atoms with Gasteiger partial charge in [-0.25, -0.2) is 9.13 Å². The van der Waals surface area contributed by atoms with Gasteiger partial charge in [-0.1, -0.05) is 344 Å². The lowest BCUT2D eigenvalue weighted by molar-refractivity contribution is -0.161. The minimum absolute atomic E-state index is 0.105. The Hall–Kier alpha value is -1.94. The molecule has 0 aliphatic carbocycles. The molecule has 0 aromatic heterocycles. The molecule has 0 saturated carbocycles. The first-order valence-electron chi connectivity index (χ1n) is 40.2. The van der Waals surface area contributed by atoms with Crippen molar-refractivity contribution in [1.82, 2.24) is 0 Å². The summed E-state index contributed by atoms with van der Waals surface area (Å²) in [7, 11) is -9.92. The van der Waals surface area contributed by atoms with Gasteiger partial charge in [-0.3, -0.25) is 37.3 Å². The summed E-state index contributed by atoms with van der Waals surface area (Å²) in [5.74, 6) is 0.923. The Morgan fingerprint density at radius 3 is 0.639 bits per heavy atom. The zero-order valence-electron chi connectivity index (χ0n) is 63.7. The van der Waals surface area contributed by atoms with Gasteiger partial charge in [0.05, 0.1) is 26.4 Å². The number of hydrogen-bond acceptors (Lipinski definition) is 15. The highest BCUT2D eigenvalue weighted by Crippen LogP contribution is 2.45. The van der Waals surface area contributed by atoms with Crippen molar-refractivity contribution in [2.75, 3.05) is 39.6 Å². The Morgan fingerprint density at radius 2 is 0.433 bits per heavy atom. The zero-order chi connectivity index (χ0) is 71.7. The standard InChI is InChI=1S/C78H152O17P2/c1-68(2)54-46-38-30-24-18-12-9-10-14-22-28-34-44-52-60-77(82)94-73(64-88-75(80)58-50-42-33-27-21-15-11-13-19-25-31-39-47-55-69(3)4)66-92-96(84,85)90-62-72(79)63-91-97(86,87)93-67-74(65-89-76(81)59-51-43-37-36-41-49-57-71(7)8)95-78(83)61-53-45-35-29-23-17-16-20-26-32-40-48-56-70(5)6/h68-74,79H,9-67H2,1-8H3,(H,84,85)(H,86,87)/t72-,73-,74-/m1/s1. The molecular weight excluding hydrogens is 1270 g/mol. The second-order valence-corrected chi connectivity index (χ2v) is 32.9. The second kappa shape index (κ2) is 67.2. The van der Waals surface area contributed by atoms with Crippen LogP contribution >= 0.6 is 15.6 Å². The molecule has 0 aromatic carbocycles. The molecule has 576 valence electrons. The lowest BCUT2D eigenvalue weighted by Crippen LogP contribution is -2.30. The topological polar surface area (TPSA) is 237 Å². The first kappa shape index (κ1) is 95.1. The van der Waals surface area contributed by atoms with Crippen LogP contribution in [0.15, 0.2) is 0 Å². The Morgan fingerprint density at radius 1 is 0.258 bits per heavy atom. The van der Waals surface area contributed by atoms with Crippen LogP contribution in [0, 0.1) is 23.7 Å². The van der Waals surface area contributed by atoms with Crippen molar-refractivity contribution >= 4 is 39.5 Å². The number of carbonyl (C=O) groups excluding carboxylic acids is 4. The van der Waals surface area contributed by atoms with E-state index in [0.717, 1.165) is 114 Å². The summed E-state index contributed by atoms with van der Waals surface area (Å²) in [6, 6.07) is 0. The van der Waals surface area contributed by atoms with Gasteiger partial charge in [0.2, 0.25) is 0 Å². The van der Waals surface area contributed by atoms with Crippen LogP contribution in [0.25, 0.3) is 0 Å². The molecular formula is C78H152O17P2. The minimum Gasteiger partial charge on any atom is -0.462 e. The first-order valence-corrected chi connectivity index (χ1v) is 43.2. The van der Waals surface area contributed by atoms with Gasteiger partial charge in [0.15, 0.2) is 12.2 Å². The summed E-state index contributed by atoms with van der Waals surface area (Å²) in [5, 5.41) is 10.6. The third kappa shape index (κ3) is 72.2. The fourth-order valence-corrected chi connectivity index (χ4v) is 13.5. The first-order chi connectivity index (χ1) is 46.6. The lowest BCUT2D eigenvalue weighted by atomic mass is 10.0. The summed E-state index contributed by atoms with van der Waals surface area (Å²) in [6.45, 7) is 14.2. The average Bonchev–Trinajstić information content (AvgIpc) is 1.64. The van der Waals surface area contributed by atoms with Gasteiger partial charge >= 0.3 is 39.5 Å². The normalized spacial score (nSPS) is 14.1. The number of phosphoric ester groups is 2. The highest BCUT2D eigenvalue weighted by atomic mass is 31.2. The van der Waals surface area contributed by atoms with Gasteiger partial charge in [-0.2, -0.15) is 0 Å². The summed E-state index contributed by atoms with van der Waals surface area (Å²) >= 11 is 0. The number of unbranched alkanes of at least 4 members (excludes halogenated alkanes) is 41. The van der Waals surface area contributed by atoms with E-state index in [1.165, 1.54) is 193 Å². The van der Waals surface area contributed by atoms with E-state index in [1.54, 1.807) is 0 Å². The highest BCUT2D eigenvalue weighted by Gasteiger charge is 2.30. The molecule has 0 fully saturated rings. The highest BCUT2D eigenvalue weighted by molar-refractivity contribution is 7.47. The Balaban J connectivity index is 5.24. The van der Waals surface area contributed by atoms with Crippen molar-refractivity contribution in [2.45, 2.75) is 414 Å². The van der Waals surface area contributed by atoms with Crippen LogP contribution in [-0.2, 0) is 65.4 Å². The molecule has 0 bridgehead atoms. The molecule has 0 amide bonds. The summed E-state index contributed by atoms with van der Waals surface area (Å²) in [4.78, 5) is 72.9. The van der Waals surface area contributed by atoms with Crippen molar-refractivity contribution in [3.63, 3.8) is 0 Å². The number of rotatable bonds is 75. The van der Waals surface area contributed by atoms with Crippen LogP contribution in [-0.4, -0.2) is 96.7 Å². The fourth-order valence-electron chi connectivity index (χ4n) is 11.9. The van der Waals surface area contributed by atoms with Gasteiger partial charge in [0.25, 0.3) is 0 Å². The fraction of sp³-hybridized carbons (Fsp3) is 0.949. The Labute approximate surface area is 594 Å². The number of esters is 4. The molecule has 0 saturated heterocycles. The van der Waals surface area contributed by atoms with E-state index in [9.17, 15) is 43.2 Å². The number of phosphoric acid groups is 2. The van der Waals surface area contributed by atoms with Crippen molar-refractivity contribution in [3.8, 4) is 0 Å². The molecule has 0 spiro atoms. The van der Waals surface area contributed by atoms with E-state index in [0.29, 0.717) is 31.6 Å². The predicted molar refractivity (Wildman–Crippen MR) is 395 cm³/mol. The van der Waals surface area contributed by atoms with E-state index in [4.69, 9.17) is 37.0 Å². The smallest absolute Gasteiger partial charge is 0.462 e. The maximum Gasteiger partial charge on any atom is 0.472 e. The summed E-state index contributed by atoms with van der Waals surface area (Å²) in [6.07, 6.45) is 52.8. The second-order valence-electron chi connectivity index (χ2n) is 30.0. The number of aliphatic hydroxyl groups is 1. The van der Waals surface area contributed by atoms with Gasteiger partial charge < -0.3 is 33.8 Å². The number of aliphatic hydroxyl groups excluding tert-OH is 1. The van der Waals surface area contributed by atoms with Crippen LogP contribution in [0.2, 0.25) is 0 Å². The molecule has 0 heterocycles. The molecule has 5 atom stereocenters. The van der Waals surface area contributed by atoms with E-state index in [2.05, 4.69) is 55.4 Å². The Bertz CT molecular complexity index is 1900. The molecule has 0 rings (SSSR count). The van der Waals surface area contributed by atoms with Crippen molar-refractivity contribution in [1.29, 1.82) is 0 Å². The third-order valence-electron chi connectivity index (χ3n) is 18.1. The average molecular weight is 1420 g/mol. The van der Waals surface area contributed by atoms with Crippen LogP contribution in [0.3, 0.4) is 0 Å². The molecule has 0 aliphatic rings. The summed E-state index contributed by atoms with van der Waals surface area (Å²) in [5.41, 5.74) is 0. The van der Waals surface area contributed by atoms with Gasteiger partial charge in [-0.15, -0.1) is 0 Å². The molecule has 0 radical (unpaired) electrons. The Kier molecular flexibility index (Phi) is 65.9. The maximum atomic E-state index is 13.1. The van der Waals surface area contributed by atoms with Crippen LogP contribution in [0.1, 0.15) is 396 Å². The van der Waals surface area contributed by atoms with Gasteiger partial charge in [0, 0.05) is 25.7 Å². The van der Waals surface area contributed by atoms with E-state index < -0.39 is 97.5 Å². The predicted octanol–water partition coefficient (Wildman–Crippen LogP) is 22.8. The van der Waals surface area contributed by atoms with E-state index in [1.807, 2.05) is 0 Å². The monoisotopic (exact) mass is 1420 g/mol.